The molecule has 1 aliphatic heterocycles. The molecule has 8 heteroatoms. The molecule has 0 bridgehead atoms. The van der Waals surface area contributed by atoms with Crippen LogP contribution in [0.2, 0.25) is 0 Å². The third-order valence-corrected chi connectivity index (χ3v) is 3.15. The second-order valence-electron chi connectivity index (χ2n) is 4.26. The van der Waals surface area contributed by atoms with Gasteiger partial charge in [-0.15, -0.1) is 0 Å². The second-order valence-corrected chi connectivity index (χ2v) is 5.17. The van der Waals surface area contributed by atoms with Crippen molar-refractivity contribution in [3.05, 3.63) is 0 Å². The lowest BCUT2D eigenvalue weighted by Gasteiger charge is -2.22. The Kier molecular flexibility index (Phi) is 6.28. The van der Waals surface area contributed by atoms with Gasteiger partial charge in [-0.2, -0.15) is 11.8 Å². The summed E-state index contributed by atoms with van der Waals surface area (Å²) in [5, 5.41) is 0. The summed E-state index contributed by atoms with van der Waals surface area (Å²) in [6.07, 6.45) is -1.49. The summed E-state index contributed by atoms with van der Waals surface area (Å²) >= 11 is 1.47. The molecule has 0 saturated carbocycles. The van der Waals surface area contributed by atoms with Crippen molar-refractivity contribution in [2.24, 2.45) is 0 Å². The number of ether oxygens (including phenoxy) is 4. The number of carbonyl (C=O) groups excluding carboxylic acids is 3. The van der Waals surface area contributed by atoms with E-state index >= 15 is 0 Å². The summed E-state index contributed by atoms with van der Waals surface area (Å²) in [6.45, 7) is 3.69. The first-order valence-electron chi connectivity index (χ1n) is 6.01. The van der Waals surface area contributed by atoms with Gasteiger partial charge in [-0.05, 0) is 6.26 Å². The van der Waals surface area contributed by atoms with Crippen LogP contribution >= 0.6 is 11.8 Å². The first-order valence-corrected chi connectivity index (χ1v) is 7.40. The molecule has 1 unspecified atom stereocenters. The Morgan fingerprint density at radius 1 is 0.950 bits per heavy atom. The summed E-state index contributed by atoms with van der Waals surface area (Å²) in [5.41, 5.74) is 0. The first kappa shape index (κ1) is 16.8. The van der Waals surface area contributed by atoms with Gasteiger partial charge in [0.2, 0.25) is 12.4 Å². The Balaban J connectivity index is 2.92. The molecule has 1 fully saturated rings. The van der Waals surface area contributed by atoms with Crippen LogP contribution in [0.15, 0.2) is 0 Å². The molecule has 1 saturated heterocycles. The first-order chi connectivity index (χ1) is 9.35. The predicted molar refractivity (Wildman–Crippen MR) is 69.9 cm³/mol. The van der Waals surface area contributed by atoms with Crippen molar-refractivity contribution >= 4 is 29.7 Å². The van der Waals surface area contributed by atoms with E-state index in [0.29, 0.717) is 5.75 Å². The minimum absolute atomic E-state index is 0.507. The molecule has 0 aromatic carbocycles. The smallest absolute Gasteiger partial charge is 0.305 e. The molecule has 0 N–H and O–H groups in total. The van der Waals surface area contributed by atoms with E-state index in [2.05, 4.69) is 0 Å². The summed E-state index contributed by atoms with van der Waals surface area (Å²) < 4.78 is 20.7. The second kappa shape index (κ2) is 7.49. The fourth-order valence-electron chi connectivity index (χ4n) is 1.90. The van der Waals surface area contributed by atoms with Crippen LogP contribution in [0.5, 0.6) is 0 Å². The Morgan fingerprint density at radius 3 is 1.90 bits per heavy atom. The molecule has 0 aromatic rings. The zero-order valence-corrected chi connectivity index (χ0v) is 12.6. The van der Waals surface area contributed by atoms with Crippen molar-refractivity contribution in [3.8, 4) is 0 Å². The lowest BCUT2D eigenvalue weighted by atomic mass is 10.1. The van der Waals surface area contributed by atoms with Crippen molar-refractivity contribution < 1.29 is 33.3 Å². The Morgan fingerprint density at radius 2 is 1.45 bits per heavy atom. The monoisotopic (exact) mass is 306 g/mol. The van der Waals surface area contributed by atoms with Crippen LogP contribution in [0.3, 0.4) is 0 Å². The van der Waals surface area contributed by atoms with Gasteiger partial charge in [-0.1, -0.05) is 0 Å². The normalized spacial score (nSPS) is 28.8. The molecule has 114 valence electrons. The van der Waals surface area contributed by atoms with Crippen LogP contribution < -0.4 is 0 Å². The number of hydrogen-bond acceptors (Lipinski definition) is 8. The third kappa shape index (κ3) is 4.68. The van der Waals surface area contributed by atoms with Gasteiger partial charge in [0.25, 0.3) is 0 Å². The number of esters is 3. The SMILES string of the molecule is CSC[C@H]1OC(OC(C)=O)[C@H](OC(C)=O)[C@@H]1OC(C)=O. The number of rotatable bonds is 5. The number of carbonyl (C=O) groups is 3. The quantitative estimate of drug-likeness (QED) is 0.536. The van der Waals surface area contributed by atoms with Crippen molar-refractivity contribution in [2.45, 2.75) is 45.4 Å². The number of hydrogen-bond donors (Lipinski definition) is 0. The van der Waals surface area contributed by atoms with Crippen molar-refractivity contribution in [1.82, 2.24) is 0 Å². The fraction of sp³-hybridized carbons (Fsp3) is 0.750. The van der Waals surface area contributed by atoms with Gasteiger partial charge < -0.3 is 18.9 Å². The molecule has 20 heavy (non-hydrogen) atoms. The zero-order chi connectivity index (χ0) is 15.3. The summed E-state index contributed by atoms with van der Waals surface area (Å²) in [4.78, 5) is 33.4. The largest absolute Gasteiger partial charge is 0.455 e. The Bertz CT molecular complexity index is 384. The van der Waals surface area contributed by atoms with Gasteiger partial charge in [0.05, 0.1) is 0 Å². The maximum Gasteiger partial charge on any atom is 0.305 e. The van der Waals surface area contributed by atoms with Crippen LogP contribution in [0.25, 0.3) is 0 Å². The summed E-state index contributed by atoms with van der Waals surface area (Å²) in [5.74, 6) is -1.16. The van der Waals surface area contributed by atoms with E-state index < -0.39 is 42.5 Å². The van der Waals surface area contributed by atoms with Gasteiger partial charge >= 0.3 is 17.9 Å². The molecule has 0 amide bonds. The Hall–Kier alpha value is -1.28. The summed E-state index contributed by atoms with van der Waals surface area (Å²) in [6, 6.07) is 0. The average molecular weight is 306 g/mol. The lowest BCUT2D eigenvalue weighted by molar-refractivity contribution is -0.194. The van der Waals surface area contributed by atoms with E-state index in [-0.39, 0.29) is 0 Å². The van der Waals surface area contributed by atoms with E-state index in [1.54, 1.807) is 0 Å². The minimum atomic E-state index is -1.07. The number of thioether (sulfide) groups is 1. The highest BCUT2D eigenvalue weighted by molar-refractivity contribution is 7.98. The molecule has 1 heterocycles. The molecule has 0 aliphatic carbocycles. The topological polar surface area (TPSA) is 88.1 Å². The maximum absolute atomic E-state index is 11.2. The van der Waals surface area contributed by atoms with Crippen LogP contribution in [-0.4, -0.2) is 54.5 Å². The summed E-state index contributed by atoms with van der Waals surface area (Å²) in [7, 11) is 0. The minimum Gasteiger partial charge on any atom is -0.455 e. The van der Waals surface area contributed by atoms with E-state index in [0.717, 1.165) is 0 Å². The predicted octanol–water partition coefficient (Wildman–Crippen LogP) is 0.501. The molecule has 7 nitrogen and oxygen atoms in total. The highest BCUT2D eigenvalue weighted by Gasteiger charge is 2.50. The zero-order valence-electron chi connectivity index (χ0n) is 11.8. The van der Waals surface area contributed by atoms with Gasteiger partial charge in [0.1, 0.15) is 6.10 Å². The Labute approximate surface area is 121 Å². The lowest BCUT2D eigenvalue weighted by Crippen LogP contribution is -2.41. The van der Waals surface area contributed by atoms with Gasteiger partial charge in [0.15, 0.2) is 6.10 Å². The van der Waals surface area contributed by atoms with E-state index in [1.165, 1.54) is 32.5 Å². The molecule has 4 atom stereocenters. The van der Waals surface area contributed by atoms with E-state index in [9.17, 15) is 14.4 Å². The molecule has 0 aromatic heterocycles. The molecule has 1 rings (SSSR count). The van der Waals surface area contributed by atoms with Crippen LogP contribution in [-0.2, 0) is 33.3 Å². The van der Waals surface area contributed by atoms with Crippen molar-refractivity contribution in [3.63, 3.8) is 0 Å². The van der Waals surface area contributed by atoms with Crippen LogP contribution in [0, 0.1) is 0 Å². The van der Waals surface area contributed by atoms with Gasteiger partial charge in [-0.25, -0.2) is 0 Å². The molecular formula is C12H18O7S. The third-order valence-electron chi connectivity index (χ3n) is 2.48. The highest BCUT2D eigenvalue weighted by Crippen LogP contribution is 2.29. The maximum atomic E-state index is 11.2. The standard InChI is InChI=1S/C12H18O7S/c1-6(13)16-10-9(5-20-4)19-12(18-8(3)15)11(10)17-7(2)14/h9-12H,5H2,1-4H3/t9-,10-,11-,12?/m1/s1. The van der Waals surface area contributed by atoms with E-state index in [4.69, 9.17) is 18.9 Å². The average Bonchev–Trinajstić information content (AvgIpc) is 2.57. The van der Waals surface area contributed by atoms with Crippen LogP contribution in [0.4, 0.5) is 0 Å². The van der Waals surface area contributed by atoms with Crippen LogP contribution in [0.1, 0.15) is 20.8 Å². The molecule has 0 radical (unpaired) electrons. The fourth-order valence-corrected chi connectivity index (χ4v) is 2.50. The molecular weight excluding hydrogens is 288 g/mol. The van der Waals surface area contributed by atoms with Crippen molar-refractivity contribution in [2.75, 3.05) is 12.0 Å². The van der Waals surface area contributed by atoms with Crippen molar-refractivity contribution in [1.29, 1.82) is 0 Å². The highest BCUT2D eigenvalue weighted by atomic mass is 32.2. The van der Waals surface area contributed by atoms with Gasteiger partial charge in [-0.3, -0.25) is 14.4 Å². The molecule has 0 spiro atoms. The molecule has 1 aliphatic rings. The van der Waals surface area contributed by atoms with Gasteiger partial charge in [0, 0.05) is 26.5 Å². The van der Waals surface area contributed by atoms with E-state index in [1.807, 2.05) is 6.26 Å².